The number of allylic oxidation sites excluding steroid dienone is 1. The zero-order chi connectivity index (χ0) is 21.3. The third kappa shape index (κ3) is 4.11. The summed E-state index contributed by atoms with van der Waals surface area (Å²) in [7, 11) is 0. The van der Waals surface area contributed by atoms with Gasteiger partial charge in [0.05, 0.1) is 5.57 Å². The van der Waals surface area contributed by atoms with Crippen molar-refractivity contribution < 1.29 is 9.21 Å². The fourth-order valence-electron chi connectivity index (χ4n) is 3.32. The van der Waals surface area contributed by atoms with Gasteiger partial charge in [0.25, 0.3) is 0 Å². The molecule has 3 nitrogen and oxygen atoms in total. The third-order valence-corrected chi connectivity index (χ3v) is 5.17. The van der Waals surface area contributed by atoms with E-state index in [0.29, 0.717) is 22.6 Å². The maximum atomic E-state index is 13.4. The Bertz CT molecular complexity index is 1190. The molecule has 0 spiro atoms. The molecule has 3 heteroatoms. The number of Topliss-reactive ketones (excluding diaryl/α,β-unsaturated/α-hetero) is 1. The molecule has 1 heterocycles. The summed E-state index contributed by atoms with van der Waals surface area (Å²) in [6.45, 7) is 8.55. The number of aryl methyl sites for hydroxylation is 1. The van der Waals surface area contributed by atoms with Gasteiger partial charge < -0.3 is 4.42 Å². The molecule has 1 aromatic heterocycles. The molecule has 4 rings (SSSR count). The van der Waals surface area contributed by atoms with Crippen LogP contribution < -0.4 is 0 Å². The van der Waals surface area contributed by atoms with Crippen LogP contribution in [0.25, 0.3) is 22.7 Å². The molecule has 0 saturated heterocycles. The molecule has 0 aliphatic heterocycles. The number of fused-ring (bicyclic) bond motifs is 1. The zero-order valence-corrected chi connectivity index (χ0v) is 17.8. The fraction of sp³-hybridized carbons (Fsp3) is 0.185. The van der Waals surface area contributed by atoms with E-state index >= 15 is 0 Å². The van der Waals surface area contributed by atoms with Gasteiger partial charge >= 0.3 is 0 Å². The van der Waals surface area contributed by atoms with Gasteiger partial charge in [-0.3, -0.25) is 4.79 Å². The van der Waals surface area contributed by atoms with Crippen LogP contribution in [0.2, 0.25) is 0 Å². The highest BCUT2D eigenvalue weighted by Crippen LogP contribution is 2.28. The lowest BCUT2D eigenvalue weighted by Crippen LogP contribution is -2.10. The van der Waals surface area contributed by atoms with Crippen LogP contribution in [0.1, 0.15) is 53.7 Å². The van der Waals surface area contributed by atoms with E-state index in [9.17, 15) is 4.79 Å². The molecular formula is C27H25NO2. The van der Waals surface area contributed by atoms with Crippen molar-refractivity contribution in [3.8, 4) is 0 Å². The lowest BCUT2D eigenvalue weighted by Gasteiger charge is -2.18. The van der Waals surface area contributed by atoms with E-state index in [4.69, 9.17) is 4.42 Å². The van der Waals surface area contributed by atoms with Crippen molar-refractivity contribution in [3.63, 3.8) is 0 Å². The van der Waals surface area contributed by atoms with Crippen LogP contribution in [-0.2, 0) is 5.41 Å². The molecule has 150 valence electrons. The van der Waals surface area contributed by atoms with Crippen molar-refractivity contribution in [1.82, 2.24) is 4.98 Å². The average molecular weight is 396 g/mol. The predicted molar refractivity (Wildman–Crippen MR) is 123 cm³/mol. The number of benzene rings is 3. The molecule has 0 unspecified atom stereocenters. The minimum atomic E-state index is -0.110. The number of hydrogen-bond acceptors (Lipinski definition) is 3. The molecule has 0 N–H and O–H groups in total. The van der Waals surface area contributed by atoms with Gasteiger partial charge in [-0.25, -0.2) is 4.98 Å². The number of carbonyl (C=O) groups is 1. The molecule has 0 fully saturated rings. The number of aromatic nitrogens is 1. The van der Waals surface area contributed by atoms with E-state index in [0.717, 1.165) is 16.6 Å². The lowest BCUT2D eigenvalue weighted by atomic mass is 9.86. The van der Waals surface area contributed by atoms with Crippen molar-refractivity contribution in [3.05, 3.63) is 101 Å². The van der Waals surface area contributed by atoms with Crippen LogP contribution in [0.15, 0.2) is 77.2 Å². The Morgan fingerprint density at radius 3 is 2.20 bits per heavy atom. The Morgan fingerprint density at radius 2 is 1.57 bits per heavy atom. The van der Waals surface area contributed by atoms with Crippen LogP contribution in [0.5, 0.6) is 0 Å². The first-order valence-corrected chi connectivity index (χ1v) is 10.1. The molecule has 0 bridgehead atoms. The van der Waals surface area contributed by atoms with Gasteiger partial charge in [-0.15, -0.1) is 0 Å². The summed E-state index contributed by atoms with van der Waals surface area (Å²) in [5.74, 6) is 0.225. The summed E-state index contributed by atoms with van der Waals surface area (Å²) >= 11 is 0. The van der Waals surface area contributed by atoms with E-state index in [2.05, 4.69) is 37.9 Å². The standard InChI is InChI=1S/C27H25NO2/c1-18-9-13-20(14-10-18)25(29)22(26-28-23-7-5-6-8-24(23)30-26)17-19-11-15-21(16-12-19)27(2,3)4/h5-17H,1-4H3/b22-17+. The van der Waals surface area contributed by atoms with E-state index in [-0.39, 0.29) is 11.2 Å². The highest BCUT2D eigenvalue weighted by atomic mass is 16.3. The van der Waals surface area contributed by atoms with Crippen LogP contribution in [0, 0.1) is 6.92 Å². The predicted octanol–water partition coefficient (Wildman–Crippen LogP) is 6.86. The molecule has 4 aromatic rings. The van der Waals surface area contributed by atoms with Gasteiger partial charge in [-0.2, -0.15) is 0 Å². The molecular weight excluding hydrogens is 370 g/mol. The number of nitrogens with zero attached hydrogens (tertiary/aromatic N) is 1. The van der Waals surface area contributed by atoms with Crippen LogP contribution in [-0.4, -0.2) is 10.8 Å². The molecule has 3 aromatic carbocycles. The maximum absolute atomic E-state index is 13.4. The smallest absolute Gasteiger partial charge is 0.231 e. The number of rotatable bonds is 4. The highest BCUT2D eigenvalue weighted by molar-refractivity contribution is 6.31. The molecule has 0 radical (unpaired) electrons. The number of oxazole rings is 1. The first-order chi connectivity index (χ1) is 14.3. The topological polar surface area (TPSA) is 43.1 Å². The van der Waals surface area contributed by atoms with Crippen molar-refractivity contribution in [2.75, 3.05) is 0 Å². The Hall–Kier alpha value is -3.46. The van der Waals surface area contributed by atoms with Gasteiger partial charge in [0.1, 0.15) is 5.52 Å². The van der Waals surface area contributed by atoms with Gasteiger partial charge in [0, 0.05) is 5.56 Å². The maximum Gasteiger partial charge on any atom is 0.231 e. The first kappa shape index (κ1) is 19.8. The lowest BCUT2D eigenvalue weighted by molar-refractivity contribution is 0.105. The third-order valence-electron chi connectivity index (χ3n) is 5.17. The number of hydrogen-bond donors (Lipinski definition) is 0. The van der Waals surface area contributed by atoms with E-state index < -0.39 is 0 Å². The first-order valence-electron chi connectivity index (χ1n) is 10.1. The minimum Gasteiger partial charge on any atom is -0.436 e. The van der Waals surface area contributed by atoms with Crippen LogP contribution in [0.3, 0.4) is 0 Å². The number of para-hydroxylation sites is 2. The van der Waals surface area contributed by atoms with Gasteiger partial charge in [-0.05, 0) is 41.7 Å². The molecule has 0 aliphatic rings. The second-order valence-electron chi connectivity index (χ2n) is 8.61. The zero-order valence-electron chi connectivity index (χ0n) is 17.8. The van der Waals surface area contributed by atoms with Crippen LogP contribution in [0.4, 0.5) is 0 Å². The summed E-state index contributed by atoms with van der Waals surface area (Å²) < 4.78 is 5.95. The monoisotopic (exact) mass is 395 g/mol. The Labute approximate surface area is 177 Å². The summed E-state index contributed by atoms with van der Waals surface area (Å²) in [5.41, 5.74) is 5.81. The molecule has 30 heavy (non-hydrogen) atoms. The minimum absolute atomic E-state index is 0.0725. The van der Waals surface area contributed by atoms with Crippen molar-refractivity contribution >= 4 is 28.5 Å². The molecule has 0 atom stereocenters. The summed E-state index contributed by atoms with van der Waals surface area (Å²) in [4.78, 5) is 18.0. The second-order valence-corrected chi connectivity index (χ2v) is 8.61. The Morgan fingerprint density at radius 1 is 0.900 bits per heavy atom. The summed E-state index contributed by atoms with van der Waals surface area (Å²) in [6, 6.07) is 23.4. The SMILES string of the molecule is Cc1ccc(C(=O)/C(=C\c2ccc(C(C)(C)C)cc2)c2nc3ccccc3o2)cc1. The average Bonchev–Trinajstić information content (AvgIpc) is 3.15. The van der Waals surface area contributed by atoms with E-state index in [1.807, 2.05) is 73.7 Å². The second kappa shape index (κ2) is 7.75. The highest BCUT2D eigenvalue weighted by Gasteiger charge is 2.20. The fourth-order valence-corrected chi connectivity index (χ4v) is 3.32. The Balaban J connectivity index is 1.81. The van der Waals surface area contributed by atoms with Crippen molar-refractivity contribution in [2.24, 2.45) is 0 Å². The van der Waals surface area contributed by atoms with Crippen molar-refractivity contribution in [2.45, 2.75) is 33.1 Å². The molecule has 0 aliphatic carbocycles. The summed E-state index contributed by atoms with van der Waals surface area (Å²) in [5, 5.41) is 0. The van der Waals surface area contributed by atoms with Crippen LogP contribution >= 0.6 is 0 Å². The van der Waals surface area contributed by atoms with E-state index in [1.165, 1.54) is 5.56 Å². The number of ketones is 1. The van der Waals surface area contributed by atoms with Gasteiger partial charge in [0.15, 0.2) is 11.4 Å². The largest absolute Gasteiger partial charge is 0.436 e. The van der Waals surface area contributed by atoms with Gasteiger partial charge in [0.2, 0.25) is 5.89 Å². The van der Waals surface area contributed by atoms with Gasteiger partial charge in [-0.1, -0.05) is 87.0 Å². The van der Waals surface area contributed by atoms with E-state index in [1.54, 1.807) is 0 Å². The molecule has 0 amide bonds. The number of carbonyl (C=O) groups excluding carboxylic acids is 1. The normalized spacial score (nSPS) is 12.3. The summed E-state index contributed by atoms with van der Waals surface area (Å²) in [6.07, 6.45) is 1.86. The quantitative estimate of drug-likeness (QED) is 0.280. The van der Waals surface area contributed by atoms with Crippen molar-refractivity contribution in [1.29, 1.82) is 0 Å². The molecule has 0 saturated carbocycles. The Kier molecular flexibility index (Phi) is 5.13.